The van der Waals surface area contributed by atoms with E-state index in [0.717, 1.165) is 11.1 Å². The van der Waals surface area contributed by atoms with Gasteiger partial charge in [-0.2, -0.15) is 5.10 Å². The maximum absolute atomic E-state index is 12.2. The molecule has 2 aromatic rings. The monoisotopic (exact) mass is 313 g/mol. The lowest BCUT2D eigenvalue weighted by atomic mass is 9.98. The Kier molecular flexibility index (Phi) is 4.65. The second kappa shape index (κ2) is 7.04. The van der Waals surface area contributed by atoms with E-state index in [1.165, 1.54) is 6.33 Å². The molecular formula is C16H19N5O2. The first kappa shape index (κ1) is 15.2. The van der Waals surface area contributed by atoms with Gasteiger partial charge in [-0.25, -0.2) is 9.67 Å². The third kappa shape index (κ3) is 3.94. The molecule has 1 aromatic carbocycles. The van der Waals surface area contributed by atoms with Crippen molar-refractivity contribution in [2.45, 2.75) is 25.9 Å². The van der Waals surface area contributed by atoms with Crippen molar-refractivity contribution in [3.63, 3.8) is 0 Å². The van der Waals surface area contributed by atoms with Crippen LogP contribution in [0.5, 0.6) is 0 Å². The molecule has 1 atom stereocenters. The second-order valence-electron chi connectivity index (χ2n) is 5.62. The molecule has 1 fully saturated rings. The molecular weight excluding hydrogens is 294 g/mol. The van der Waals surface area contributed by atoms with E-state index in [1.807, 2.05) is 24.3 Å². The lowest BCUT2D eigenvalue weighted by Crippen LogP contribution is -2.42. The van der Waals surface area contributed by atoms with Crippen molar-refractivity contribution in [1.29, 1.82) is 0 Å². The molecule has 23 heavy (non-hydrogen) atoms. The summed E-state index contributed by atoms with van der Waals surface area (Å²) in [5, 5.41) is 9.81. The van der Waals surface area contributed by atoms with E-state index in [1.54, 1.807) is 11.0 Å². The summed E-state index contributed by atoms with van der Waals surface area (Å²) in [6, 6.07) is 7.93. The topological polar surface area (TPSA) is 88.9 Å². The van der Waals surface area contributed by atoms with Gasteiger partial charge in [0.2, 0.25) is 11.8 Å². The van der Waals surface area contributed by atoms with Gasteiger partial charge in [-0.15, -0.1) is 0 Å². The fourth-order valence-electron chi connectivity index (χ4n) is 2.66. The van der Waals surface area contributed by atoms with Gasteiger partial charge in [0.15, 0.2) is 0 Å². The highest BCUT2D eigenvalue weighted by atomic mass is 16.2. The van der Waals surface area contributed by atoms with Crippen LogP contribution in [0.15, 0.2) is 36.9 Å². The number of hydrogen-bond donors (Lipinski definition) is 2. The number of rotatable bonds is 5. The zero-order valence-electron chi connectivity index (χ0n) is 12.7. The van der Waals surface area contributed by atoms with Gasteiger partial charge < -0.3 is 10.6 Å². The van der Waals surface area contributed by atoms with Gasteiger partial charge in [0, 0.05) is 19.5 Å². The van der Waals surface area contributed by atoms with Gasteiger partial charge in [-0.05, 0) is 17.5 Å². The number of nitrogens with zero attached hydrogens (tertiary/aromatic N) is 3. The van der Waals surface area contributed by atoms with Crippen LogP contribution >= 0.6 is 0 Å². The van der Waals surface area contributed by atoms with Crippen LogP contribution in [0.4, 0.5) is 0 Å². The molecule has 0 unspecified atom stereocenters. The van der Waals surface area contributed by atoms with Gasteiger partial charge in [0.1, 0.15) is 12.7 Å². The first-order valence-electron chi connectivity index (χ1n) is 7.66. The zero-order valence-corrected chi connectivity index (χ0v) is 12.7. The number of nitrogens with one attached hydrogen (secondary N) is 2. The molecule has 2 amide bonds. The van der Waals surface area contributed by atoms with Gasteiger partial charge in [-0.3, -0.25) is 9.59 Å². The minimum atomic E-state index is -0.143. The highest BCUT2D eigenvalue weighted by molar-refractivity contribution is 5.83. The Morgan fingerprint density at radius 1 is 1.35 bits per heavy atom. The van der Waals surface area contributed by atoms with E-state index in [9.17, 15) is 9.59 Å². The van der Waals surface area contributed by atoms with Crippen LogP contribution in [-0.2, 0) is 22.7 Å². The molecule has 0 radical (unpaired) electrons. The average Bonchev–Trinajstić information content (AvgIpc) is 3.07. The second-order valence-corrected chi connectivity index (χ2v) is 5.62. The molecule has 1 saturated heterocycles. The molecule has 1 aliphatic rings. The minimum Gasteiger partial charge on any atom is -0.355 e. The SMILES string of the molecule is O=C1CC[C@@H](C(=O)NCc2ccccc2Cn2cncn2)CN1. The molecule has 120 valence electrons. The number of piperidine rings is 1. The Balaban J connectivity index is 1.59. The molecule has 2 N–H and O–H groups in total. The molecule has 3 rings (SSSR count). The van der Waals surface area contributed by atoms with Crippen LogP contribution < -0.4 is 10.6 Å². The number of benzene rings is 1. The fourth-order valence-corrected chi connectivity index (χ4v) is 2.66. The molecule has 0 spiro atoms. The Hall–Kier alpha value is -2.70. The largest absolute Gasteiger partial charge is 0.355 e. The highest BCUT2D eigenvalue weighted by Crippen LogP contribution is 2.13. The zero-order chi connectivity index (χ0) is 16.1. The van der Waals surface area contributed by atoms with Crippen molar-refractivity contribution >= 4 is 11.8 Å². The Bertz CT molecular complexity index is 674. The van der Waals surface area contributed by atoms with Gasteiger partial charge >= 0.3 is 0 Å². The van der Waals surface area contributed by atoms with Crippen molar-refractivity contribution in [3.8, 4) is 0 Å². The maximum atomic E-state index is 12.2. The third-order valence-electron chi connectivity index (χ3n) is 4.01. The van der Waals surface area contributed by atoms with Crippen LogP contribution in [0, 0.1) is 5.92 Å². The van der Waals surface area contributed by atoms with Crippen molar-refractivity contribution in [1.82, 2.24) is 25.4 Å². The van der Waals surface area contributed by atoms with Gasteiger partial charge in [0.25, 0.3) is 0 Å². The predicted octanol–water partition coefficient (Wildman–Crippen LogP) is 0.469. The van der Waals surface area contributed by atoms with E-state index in [2.05, 4.69) is 20.7 Å². The number of carbonyl (C=O) groups excluding carboxylic acids is 2. The smallest absolute Gasteiger partial charge is 0.225 e. The van der Waals surface area contributed by atoms with Crippen molar-refractivity contribution in [2.75, 3.05) is 6.54 Å². The Morgan fingerprint density at radius 2 is 2.17 bits per heavy atom. The molecule has 1 aromatic heterocycles. The summed E-state index contributed by atoms with van der Waals surface area (Å²) in [7, 11) is 0. The summed E-state index contributed by atoms with van der Waals surface area (Å²) in [6.07, 6.45) is 4.20. The van der Waals surface area contributed by atoms with E-state index in [-0.39, 0.29) is 17.7 Å². The summed E-state index contributed by atoms with van der Waals surface area (Å²) < 4.78 is 1.75. The summed E-state index contributed by atoms with van der Waals surface area (Å²) in [5.41, 5.74) is 2.14. The van der Waals surface area contributed by atoms with Crippen LogP contribution in [0.1, 0.15) is 24.0 Å². The van der Waals surface area contributed by atoms with Crippen LogP contribution in [0.3, 0.4) is 0 Å². The molecule has 0 bridgehead atoms. The van der Waals surface area contributed by atoms with Crippen molar-refractivity contribution < 1.29 is 9.59 Å². The Labute approximate surface area is 134 Å². The van der Waals surface area contributed by atoms with Crippen molar-refractivity contribution in [2.24, 2.45) is 5.92 Å². The fraction of sp³-hybridized carbons (Fsp3) is 0.375. The van der Waals surface area contributed by atoms with E-state index in [0.29, 0.717) is 32.5 Å². The highest BCUT2D eigenvalue weighted by Gasteiger charge is 2.24. The quantitative estimate of drug-likeness (QED) is 0.840. The van der Waals surface area contributed by atoms with E-state index < -0.39 is 0 Å². The van der Waals surface area contributed by atoms with E-state index in [4.69, 9.17) is 0 Å². The van der Waals surface area contributed by atoms with Gasteiger partial charge in [0.05, 0.1) is 12.5 Å². The number of amides is 2. The number of carbonyl (C=O) groups is 2. The summed E-state index contributed by atoms with van der Waals surface area (Å²) >= 11 is 0. The van der Waals surface area contributed by atoms with Crippen molar-refractivity contribution in [3.05, 3.63) is 48.0 Å². The number of aromatic nitrogens is 3. The molecule has 2 heterocycles. The average molecular weight is 313 g/mol. The molecule has 7 heteroatoms. The molecule has 7 nitrogen and oxygen atoms in total. The Morgan fingerprint density at radius 3 is 2.87 bits per heavy atom. The summed E-state index contributed by atoms with van der Waals surface area (Å²) in [6.45, 7) is 1.50. The lowest BCUT2D eigenvalue weighted by Gasteiger charge is -2.22. The maximum Gasteiger partial charge on any atom is 0.225 e. The molecule has 0 aliphatic carbocycles. The van der Waals surface area contributed by atoms with Crippen LogP contribution in [0.2, 0.25) is 0 Å². The predicted molar refractivity (Wildman–Crippen MR) is 83.1 cm³/mol. The van der Waals surface area contributed by atoms with Crippen LogP contribution in [0.25, 0.3) is 0 Å². The summed E-state index contributed by atoms with van der Waals surface area (Å²) in [5.74, 6) is -0.136. The molecule has 1 aliphatic heterocycles. The first-order chi connectivity index (χ1) is 11.2. The standard InChI is InChI=1S/C16H19N5O2/c22-15-6-5-13(8-18-15)16(23)19-7-12-3-1-2-4-14(12)9-21-11-17-10-20-21/h1-4,10-11,13H,5-9H2,(H,18,22)(H,19,23)/t13-/m1/s1. The number of hydrogen-bond acceptors (Lipinski definition) is 4. The molecule has 0 saturated carbocycles. The lowest BCUT2D eigenvalue weighted by molar-refractivity contribution is -0.129. The normalized spacial score (nSPS) is 17.6. The third-order valence-corrected chi connectivity index (χ3v) is 4.01. The summed E-state index contributed by atoms with van der Waals surface area (Å²) in [4.78, 5) is 27.3. The first-order valence-corrected chi connectivity index (χ1v) is 7.66. The van der Waals surface area contributed by atoms with Crippen LogP contribution in [-0.4, -0.2) is 33.1 Å². The van der Waals surface area contributed by atoms with E-state index >= 15 is 0 Å². The van der Waals surface area contributed by atoms with Gasteiger partial charge in [-0.1, -0.05) is 24.3 Å². The minimum absolute atomic E-state index is 0.0134.